The summed E-state index contributed by atoms with van der Waals surface area (Å²) in [4.78, 5) is 12.3. The van der Waals surface area contributed by atoms with Gasteiger partial charge in [-0.3, -0.25) is 4.79 Å². The van der Waals surface area contributed by atoms with Crippen molar-refractivity contribution in [3.05, 3.63) is 35.9 Å². The molecule has 1 saturated carbocycles. The van der Waals surface area contributed by atoms with E-state index in [2.05, 4.69) is 5.32 Å². The van der Waals surface area contributed by atoms with Crippen LogP contribution in [0, 0.1) is 0 Å². The molecule has 0 bridgehead atoms. The predicted octanol–water partition coefficient (Wildman–Crippen LogP) is 1.97. The Bertz CT molecular complexity index is 437. The van der Waals surface area contributed by atoms with Gasteiger partial charge in [0.1, 0.15) is 5.54 Å². The maximum absolute atomic E-state index is 12.3. The molecular weight excluding hydrogens is 276 g/mol. The second kappa shape index (κ2) is 7.07. The molecule has 1 aliphatic rings. The maximum atomic E-state index is 12.3. The Morgan fingerprint density at radius 1 is 1.35 bits per heavy atom. The van der Waals surface area contributed by atoms with E-state index in [1.165, 1.54) is 0 Å². The third-order valence-corrected chi connectivity index (χ3v) is 3.90. The molecule has 20 heavy (non-hydrogen) atoms. The van der Waals surface area contributed by atoms with E-state index in [4.69, 9.17) is 10.5 Å². The van der Waals surface area contributed by atoms with E-state index in [-0.39, 0.29) is 30.5 Å². The summed E-state index contributed by atoms with van der Waals surface area (Å²) < 4.78 is 5.31. The van der Waals surface area contributed by atoms with Crippen LogP contribution in [0.5, 0.6) is 0 Å². The number of carbonyl (C=O) groups excluding carboxylic acids is 1. The zero-order valence-corrected chi connectivity index (χ0v) is 12.8. The van der Waals surface area contributed by atoms with Crippen LogP contribution >= 0.6 is 12.4 Å². The molecule has 1 aliphatic carbocycles. The van der Waals surface area contributed by atoms with Gasteiger partial charge in [0.15, 0.2) is 0 Å². The lowest BCUT2D eigenvalue weighted by molar-refractivity contribution is -0.126. The Hall–Kier alpha value is -1.10. The van der Waals surface area contributed by atoms with E-state index in [1.54, 1.807) is 14.0 Å². The second-order valence-electron chi connectivity index (χ2n) is 5.41. The molecule has 0 aromatic heterocycles. The molecule has 4 nitrogen and oxygen atoms in total. The van der Waals surface area contributed by atoms with E-state index < -0.39 is 5.54 Å². The molecule has 1 aromatic rings. The number of rotatable bonds is 4. The summed E-state index contributed by atoms with van der Waals surface area (Å²) in [6.07, 6.45) is 3.07. The van der Waals surface area contributed by atoms with Gasteiger partial charge in [-0.05, 0) is 31.7 Å². The Balaban J connectivity index is 0.00000200. The van der Waals surface area contributed by atoms with Crippen LogP contribution in [0.4, 0.5) is 0 Å². The van der Waals surface area contributed by atoms with E-state index in [1.807, 2.05) is 30.3 Å². The lowest BCUT2D eigenvalue weighted by atomic mass is 9.92. The second-order valence-corrected chi connectivity index (χ2v) is 5.41. The number of benzene rings is 1. The number of ether oxygens (including phenoxy) is 1. The van der Waals surface area contributed by atoms with Gasteiger partial charge in [-0.25, -0.2) is 0 Å². The van der Waals surface area contributed by atoms with Gasteiger partial charge in [-0.1, -0.05) is 30.3 Å². The van der Waals surface area contributed by atoms with Crippen molar-refractivity contribution < 1.29 is 9.53 Å². The number of nitrogens with two attached hydrogens (primary N) is 1. The fourth-order valence-corrected chi connectivity index (χ4v) is 2.54. The number of hydrogen-bond acceptors (Lipinski definition) is 3. The van der Waals surface area contributed by atoms with E-state index in [0.717, 1.165) is 24.8 Å². The SMILES string of the molecule is COC1CCC(NC(=O)C(C)(N)c2ccccc2)C1.Cl. The first-order valence-electron chi connectivity index (χ1n) is 6.72. The Labute approximate surface area is 126 Å². The molecule has 0 aliphatic heterocycles. The van der Waals surface area contributed by atoms with Crippen LogP contribution < -0.4 is 11.1 Å². The van der Waals surface area contributed by atoms with Gasteiger partial charge in [-0.15, -0.1) is 12.4 Å². The summed E-state index contributed by atoms with van der Waals surface area (Å²) in [5.41, 5.74) is 6.02. The molecule has 2 rings (SSSR count). The van der Waals surface area contributed by atoms with Crippen molar-refractivity contribution in [2.24, 2.45) is 5.73 Å². The highest BCUT2D eigenvalue weighted by Crippen LogP contribution is 2.23. The van der Waals surface area contributed by atoms with Crippen LogP contribution in [0.1, 0.15) is 31.7 Å². The van der Waals surface area contributed by atoms with Crippen molar-refractivity contribution in [2.75, 3.05) is 7.11 Å². The topological polar surface area (TPSA) is 64.3 Å². The monoisotopic (exact) mass is 298 g/mol. The molecule has 1 amide bonds. The standard InChI is InChI=1S/C15H22N2O2.ClH/c1-15(16,11-6-4-3-5-7-11)14(18)17-12-8-9-13(10-12)19-2;/h3-7,12-13H,8-10,16H2,1-2H3,(H,17,18);1H. The average molecular weight is 299 g/mol. The highest BCUT2D eigenvalue weighted by Gasteiger charge is 2.34. The molecule has 3 atom stereocenters. The molecule has 0 spiro atoms. The fourth-order valence-electron chi connectivity index (χ4n) is 2.54. The molecule has 112 valence electrons. The van der Waals surface area contributed by atoms with Gasteiger partial charge in [-0.2, -0.15) is 0 Å². The highest BCUT2D eigenvalue weighted by atomic mass is 35.5. The molecule has 1 fully saturated rings. The first-order valence-corrected chi connectivity index (χ1v) is 6.72. The van der Waals surface area contributed by atoms with Gasteiger partial charge in [0.2, 0.25) is 5.91 Å². The average Bonchev–Trinajstić information content (AvgIpc) is 2.87. The number of halogens is 1. The minimum atomic E-state index is -0.994. The van der Waals surface area contributed by atoms with Gasteiger partial charge >= 0.3 is 0 Å². The van der Waals surface area contributed by atoms with Crippen molar-refractivity contribution in [3.63, 3.8) is 0 Å². The van der Waals surface area contributed by atoms with Crippen LogP contribution in [0.3, 0.4) is 0 Å². The molecule has 1 aromatic carbocycles. The normalized spacial score (nSPS) is 24.6. The van der Waals surface area contributed by atoms with Gasteiger partial charge in [0.05, 0.1) is 6.10 Å². The lowest BCUT2D eigenvalue weighted by Gasteiger charge is -2.26. The quantitative estimate of drug-likeness (QED) is 0.893. The smallest absolute Gasteiger partial charge is 0.244 e. The zero-order valence-electron chi connectivity index (χ0n) is 12.0. The zero-order chi connectivity index (χ0) is 13.9. The Kier molecular flexibility index (Phi) is 5.99. The number of carbonyl (C=O) groups is 1. The lowest BCUT2D eigenvalue weighted by Crippen LogP contribution is -2.51. The van der Waals surface area contributed by atoms with Crippen molar-refractivity contribution in [1.82, 2.24) is 5.32 Å². The van der Waals surface area contributed by atoms with Gasteiger partial charge in [0, 0.05) is 13.2 Å². The summed E-state index contributed by atoms with van der Waals surface area (Å²) in [6, 6.07) is 9.63. The molecule has 3 unspecified atom stereocenters. The maximum Gasteiger partial charge on any atom is 0.244 e. The predicted molar refractivity (Wildman–Crippen MR) is 81.8 cm³/mol. The molecular formula is C15H23ClN2O2. The first kappa shape index (κ1) is 17.0. The summed E-state index contributed by atoms with van der Waals surface area (Å²) in [7, 11) is 1.71. The van der Waals surface area contributed by atoms with Crippen molar-refractivity contribution in [3.8, 4) is 0 Å². The van der Waals surface area contributed by atoms with E-state index in [9.17, 15) is 4.79 Å². The van der Waals surface area contributed by atoms with Gasteiger partial charge < -0.3 is 15.8 Å². The molecule has 3 N–H and O–H groups in total. The molecule has 0 radical (unpaired) electrons. The van der Waals surface area contributed by atoms with Gasteiger partial charge in [0.25, 0.3) is 0 Å². The largest absolute Gasteiger partial charge is 0.381 e. The molecule has 0 heterocycles. The Morgan fingerprint density at radius 3 is 2.55 bits per heavy atom. The van der Waals surface area contributed by atoms with Crippen molar-refractivity contribution >= 4 is 18.3 Å². The van der Waals surface area contributed by atoms with E-state index in [0.29, 0.717) is 0 Å². The minimum absolute atomic E-state index is 0. The fraction of sp³-hybridized carbons (Fsp3) is 0.533. The summed E-state index contributed by atoms with van der Waals surface area (Å²) >= 11 is 0. The minimum Gasteiger partial charge on any atom is -0.381 e. The van der Waals surface area contributed by atoms with Crippen molar-refractivity contribution in [2.45, 2.75) is 43.9 Å². The van der Waals surface area contributed by atoms with Crippen LogP contribution in [0.25, 0.3) is 0 Å². The molecule has 5 heteroatoms. The summed E-state index contributed by atoms with van der Waals surface area (Å²) in [5.74, 6) is -0.125. The van der Waals surface area contributed by atoms with Crippen LogP contribution in [-0.2, 0) is 15.1 Å². The number of methoxy groups -OCH3 is 1. The number of amides is 1. The molecule has 0 saturated heterocycles. The summed E-state index contributed by atoms with van der Waals surface area (Å²) in [6.45, 7) is 1.75. The van der Waals surface area contributed by atoms with E-state index >= 15 is 0 Å². The third-order valence-electron chi connectivity index (χ3n) is 3.90. The van der Waals surface area contributed by atoms with Crippen LogP contribution in [-0.4, -0.2) is 25.2 Å². The number of nitrogens with one attached hydrogen (secondary N) is 1. The summed E-state index contributed by atoms with van der Waals surface area (Å²) in [5, 5.41) is 3.04. The Morgan fingerprint density at radius 2 is 2.00 bits per heavy atom. The van der Waals surface area contributed by atoms with Crippen LogP contribution in [0.15, 0.2) is 30.3 Å². The third kappa shape index (κ3) is 3.72. The van der Waals surface area contributed by atoms with Crippen LogP contribution in [0.2, 0.25) is 0 Å². The number of hydrogen-bond donors (Lipinski definition) is 2. The van der Waals surface area contributed by atoms with Crippen molar-refractivity contribution in [1.29, 1.82) is 0 Å². The highest BCUT2D eigenvalue weighted by molar-refractivity contribution is 5.87. The first-order chi connectivity index (χ1) is 9.04.